The number of hydrogen-bond donors (Lipinski definition) is 0. The van der Waals surface area contributed by atoms with Gasteiger partial charge in [0.2, 0.25) is 0 Å². The van der Waals surface area contributed by atoms with Gasteiger partial charge in [0.25, 0.3) is 0 Å². The highest BCUT2D eigenvalue weighted by Crippen LogP contribution is 2.00. The standard InChI is InChI=1S/C12H11/c1-2-3-4-6-9-12-10-7-5-8-11-12/h2-4,6-11H,1H2. The van der Waals surface area contributed by atoms with Crippen LogP contribution in [0.1, 0.15) is 5.56 Å². The van der Waals surface area contributed by atoms with Crippen LogP contribution in [0, 0.1) is 6.07 Å². The minimum absolute atomic E-state index is 1.18. The molecule has 0 saturated heterocycles. The van der Waals surface area contributed by atoms with Crippen molar-refractivity contribution in [1.29, 1.82) is 0 Å². The number of benzene rings is 1. The summed E-state index contributed by atoms with van der Waals surface area (Å²) in [6.45, 7) is 3.58. The van der Waals surface area contributed by atoms with Gasteiger partial charge in [0, 0.05) is 0 Å². The third-order valence-electron chi connectivity index (χ3n) is 1.39. The van der Waals surface area contributed by atoms with Crippen LogP contribution >= 0.6 is 0 Å². The van der Waals surface area contributed by atoms with E-state index in [-0.39, 0.29) is 0 Å². The molecule has 59 valence electrons. The third-order valence-corrected chi connectivity index (χ3v) is 1.39. The molecule has 0 unspecified atom stereocenters. The summed E-state index contributed by atoms with van der Waals surface area (Å²) in [7, 11) is 0. The first-order chi connectivity index (χ1) is 5.93. The lowest BCUT2D eigenvalue weighted by Gasteiger charge is -1.87. The van der Waals surface area contributed by atoms with Crippen molar-refractivity contribution in [1.82, 2.24) is 0 Å². The molecule has 0 bridgehead atoms. The fourth-order valence-corrected chi connectivity index (χ4v) is 0.820. The lowest BCUT2D eigenvalue weighted by atomic mass is 10.2. The van der Waals surface area contributed by atoms with Gasteiger partial charge in [-0.1, -0.05) is 61.2 Å². The minimum atomic E-state index is 1.18. The Morgan fingerprint density at radius 1 is 1.08 bits per heavy atom. The average molecular weight is 155 g/mol. The molecule has 0 atom stereocenters. The van der Waals surface area contributed by atoms with Crippen LogP contribution in [-0.4, -0.2) is 0 Å². The fourth-order valence-electron chi connectivity index (χ4n) is 0.820. The molecule has 0 N–H and O–H groups in total. The lowest BCUT2D eigenvalue weighted by molar-refractivity contribution is 1.65. The zero-order valence-corrected chi connectivity index (χ0v) is 6.90. The third kappa shape index (κ3) is 3.02. The number of rotatable bonds is 3. The van der Waals surface area contributed by atoms with Crippen LogP contribution in [0.3, 0.4) is 0 Å². The van der Waals surface area contributed by atoms with Crippen molar-refractivity contribution in [3.05, 3.63) is 66.8 Å². The highest BCUT2D eigenvalue weighted by Gasteiger charge is 1.79. The largest absolute Gasteiger partial charge is 0.0991 e. The van der Waals surface area contributed by atoms with Crippen molar-refractivity contribution in [3.63, 3.8) is 0 Å². The molecule has 1 radical (unpaired) electrons. The molecule has 0 heteroatoms. The summed E-state index contributed by atoms with van der Waals surface area (Å²) in [6.07, 6.45) is 9.61. The minimum Gasteiger partial charge on any atom is -0.0991 e. The van der Waals surface area contributed by atoms with Gasteiger partial charge in [0.05, 0.1) is 0 Å². The van der Waals surface area contributed by atoms with Gasteiger partial charge in [-0.15, -0.1) is 0 Å². The number of hydrogen-bond acceptors (Lipinski definition) is 0. The fraction of sp³-hybridized carbons (Fsp3) is 0. The smallest absolute Gasteiger partial charge is 0.0184 e. The summed E-state index contributed by atoms with van der Waals surface area (Å²) < 4.78 is 0. The van der Waals surface area contributed by atoms with Crippen LogP contribution in [0.25, 0.3) is 6.08 Å². The SMILES string of the molecule is C=CC=CC=Cc1cc[c]cc1. The predicted octanol–water partition coefficient (Wildman–Crippen LogP) is 3.24. The summed E-state index contributed by atoms with van der Waals surface area (Å²) in [4.78, 5) is 0. The Morgan fingerprint density at radius 2 is 1.83 bits per heavy atom. The molecule has 0 spiro atoms. The Hall–Kier alpha value is -1.56. The van der Waals surface area contributed by atoms with Gasteiger partial charge in [-0.3, -0.25) is 0 Å². The maximum absolute atomic E-state index is 3.58. The van der Waals surface area contributed by atoms with Gasteiger partial charge >= 0.3 is 0 Å². The van der Waals surface area contributed by atoms with E-state index in [0.29, 0.717) is 0 Å². The molecule has 0 aliphatic rings. The molecule has 0 fully saturated rings. The van der Waals surface area contributed by atoms with E-state index >= 15 is 0 Å². The van der Waals surface area contributed by atoms with Crippen LogP contribution in [0.2, 0.25) is 0 Å². The van der Waals surface area contributed by atoms with E-state index in [0.717, 1.165) is 0 Å². The van der Waals surface area contributed by atoms with Crippen LogP contribution in [0.15, 0.2) is 55.1 Å². The zero-order valence-electron chi connectivity index (χ0n) is 6.90. The quantitative estimate of drug-likeness (QED) is 0.588. The van der Waals surface area contributed by atoms with Gasteiger partial charge in [-0.05, 0) is 11.6 Å². The van der Waals surface area contributed by atoms with Gasteiger partial charge < -0.3 is 0 Å². The molecule has 0 heterocycles. The summed E-state index contributed by atoms with van der Waals surface area (Å²) in [5.74, 6) is 0. The highest BCUT2D eigenvalue weighted by molar-refractivity contribution is 5.50. The molecular formula is C12H11. The Labute approximate surface area is 73.6 Å². The molecule has 0 nitrogen and oxygen atoms in total. The van der Waals surface area contributed by atoms with Gasteiger partial charge in [-0.25, -0.2) is 0 Å². The molecule has 0 aromatic heterocycles. The van der Waals surface area contributed by atoms with E-state index in [9.17, 15) is 0 Å². The normalized spacial score (nSPS) is 11.0. The van der Waals surface area contributed by atoms with Crippen LogP contribution in [0.5, 0.6) is 0 Å². The second-order valence-electron chi connectivity index (χ2n) is 2.31. The summed E-state index contributed by atoms with van der Waals surface area (Å²) >= 11 is 0. The lowest BCUT2D eigenvalue weighted by Crippen LogP contribution is -1.66. The highest BCUT2D eigenvalue weighted by atomic mass is 13.8. The Balaban J connectivity index is 2.58. The summed E-state index contributed by atoms with van der Waals surface area (Å²) in [5, 5.41) is 0. The van der Waals surface area contributed by atoms with Crippen molar-refractivity contribution in [3.8, 4) is 0 Å². The Bertz CT molecular complexity index is 278. The maximum Gasteiger partial charge on any atom is -0.0184 e. The molecule has 12 heavy (non-hydrogen) atoms. The maximum atomic E-state index is 3.58. The van der Waals surface area contributed by atoms with Gasteiger partial charge in [-0.2, -0.15) is 0 Å². The second-order valence-corrected chi connectivity index (χ2v) is 2.31. The van der Waals surface area contributed by atoms with E-state index < -0.39 is 0 Å². The van der Waals surface area contributed by atoms with Crippen molar-refractivity contribution >= 4 is 6.08 Å². The predicted molar refractivity (Wildman–Crippen MR) is 53.6 cm³/mol. The first-order valence-electron chi connectivity index (χ1n) is 3.85. The summed E-state index contributed by atoms with van der Waals surface area (Å²) in [6, 6.07) is 10.8. The molecular weight excluding hydrogens is 144 g/mol. The van der Waals surface area contributed by atoms with Crippen LogP contribution < -0.4 is 0 Å². The molecule has 1 rings (SSSR count). The van der Waals surface area contributed by atoms with Crippen molar-refractivity contribution in [2.75, 3.05) is 0 Å². The molecule has 0 amide bonds. The average Bonchev–Trinajstić information content (AvgIpc) is 2.14. The van der Waals surface area contributed by atoms with E-state index in [1.165, 1.54) is 5.56 Å². The summed E-state index contributed by atoms with van der Waals surface area (Å²) in [5.41, 5.74) is 1.18. The second kappa shape index (κ2) is 5.14. The monoisotopic (exact) mass is 155 g/mol. The van der Waals surface area contributed by atoms with E-state index in [2.05, 4.69) is 12.6 Å². The molecule has 0 saturated carbocycles. The van der Waals surface area contributed by atoms with Crippen LogP contribution in [0.4, 0.5) is 0 Å². The number of allylic oxidation sites excluding steroid dienone is 4. The first-order valence-corrected chi connectivity index (χ1v) is 3.85. The molecule has 0 aliphatic carbocycles. The Kier molecular flexibility index (Phi) is 3.65. The van der Waals surface area contributed by atoms with E-state index in [4.69, 9.17) is 0 Å². The van der Waals surface area contributed by atoms with Crippen molar-refractivity contribution in [2.24, 2.45) is 0 Å². The van der Waals surface area contributed by atoms with Crippen molar-refractivity contribution < 1.29 is 0 Å². The molecule has 0 aliphatic heterocycles. The van der Waals surface area contributed by atoms with Gasteiger partial charge in [0.15, 0.2) is 0 Å². The molecule has 1 aromatic carbocycles. The molecule has 1 aromatic rings. The van der Waals surface area contributed by atoms with Crippen molar-refractivity contribution in [2.45, 2.75) is 0 Å². The van der Waals surface area contributed by atoms with Gasteiger partial charge in [0.1, 0.15) is 0 Å². The Morgan fingerprint density at radius 3 is 2.50 bits per heavy atom. The topological polar surface area (TPSA) is 0 Å². The first kappa shape index (κ1) is 8.54. The van der Waals surface area contributed by atoms with Crippen LogP contribution in [-0.2, 0) is 0 Å². The van der Waals surface area contributed by atoms with E-state index in [1.54, 1.807) is 6.08 Å². The zero-order chi connectivity index (χ0) is 8.65. The van der Waals surface area contributed by atoms with E-state index in [1.807, 2.05) is 48.6 Å².